The Morgan fingerprint density at radius 1 is 0.952 bits per heavy atom. The van der Waals surface area contributed by atoms with Crippen LogP contribution in [0.15, 0.2) is 54.6 Å². The van der Waals surface area contributed by atoms with Crippen LogP contribution in [0.5, 0.6) is 0 Å². The van der Waals surface area contributed by atoms with Crippen LogP contribution in [0.2, 0.25) is 10.0 Å². The van der Waals surface area contributed by atoms with Gasteiger partial charge in [-0.05, 0) is 17.7 Å². The number of anilines is 1. The van der Waals surface area contributed by atoms with Crippen molar-refractivity contribution < 1.29 is 0 Å². The van der Waals surface area contributed by atoms with E-state index in [-0.39, 0.29) is 0 Å². The highest BCUT2D eigenvalue weighted by Crippen LogP contribution is 2.28. The zero-order valence-electron chi connectivity index (χ0n) is 11.1. The molecule has 0 amide bonds. The van der Waals surface area contributed by atoms with E-state index in [2.05, 4.69) is 5.10 Å². The molecule has 0 aliphatic carbocycles. The molecule has 3 rings (SSSR count). The maximum absolute atomic E-state index is 6.19. The predicted molar refractivity (Wildman–Crippen MR) is 87.6 cm³/mol. The molecule has 0 radical (unpaired) electrons. The summed E-state index contributed by atoms with van der Waals surface area (Å²) in [5.74, 6) is 0.574. The highest BCUT2D eigenvalue weighted by atomic mass is 35.5. The normalized spacial score (nSPS) is 10.8. The molecule has 3 nitrogen and oxygen atoms in total. The number of benzene rings is 2. The van der Waals surface area contributed by atoms with Crippen molar-refractivity contribution in [2.45, 2.75) is 6.54 Å². The van der Waals surface area contributed by atoms with Crippen molar-refractivity contribution in [1.82, 2.24) is 9.78 Å². The Morgan fingerprint density at radius 2 is 1.62 bits per heavy atom. The van der Waals surface area contributed by atoms with Crippen LogP contribution in [-0.2, 0) is 6.54 Å². The number of rotatable bonds is 3. The Labute approximate surface area is 132 Å². The van der Waals surface area contributed by atoms with Crippen LogP contribution in [0, 0.1) is 0 Å². The average molecular weight is 318 g/mol. The highest BCUT2D eigenvalue weighted by molar-refractivity contribution is 6.33. The Kier molecular flexibility index (Phi) is 3.86. The summed E-state index contributed by atoms with van der Waals surface area (Å²) in [5.41, 5.74) is 8.63. The summed E-state index contributed by atoms with van der Waals surface area (Å²) >= 11 is 12.4. The third kappa shape index (κ3) is 2.89. The monoisotopic (exact) mass is 317 g/mol. The second-order valence-corrected chi connectivity index (χ2v) is 5.50. The van der Waals surface area contributed by atoms with E-state index in [1.54, 1.807) is 4.68 Å². The number of nitrogens with two attached hydrogens (primary N) is 1. The molecule has 0 unspecified atom stereocenters. The van der Waals surface area contributed by atoms with Gasteiger partial charge in [-0.2, -0.15) is 5.10 Å². The van der Waals surface area contributed by atoms with Crippen LogP contribution in [0.1, 0.15) is 5.56 Å². The van der Waals surface area contributed by atoms with Crippen molar-refractivity contribution in [2.24, 2.45) is 0 Å². The van der Waals surface area contributed by atoms with Crippen LogP contribution in [0.3, 0.4) is 0 Å². The van der Waals surface area contributed by atoms with Crippen molar-refractivity contribution >= 4 is 29.0 Å². The number of nitrogen functional groups attached to an aromatic ring is 1. The number of aromatic nitrogens is 2. The lowest BCUT2D eigenvalue weighted by molar-refractivity contribution is 0.700. The molecule has 5 heteroatoms. The summed E-state index contributed by atoms with van der Waals surface area (Å²) in [6, 6.07) is 17.0. The van der Waals surface area contributed by atoms with Gasteiger partial charge in [-0.1, -0.05) is 59.6 Å². The van der Waals surface area contributed by atoms with Crippen LogP contribution >= 0.6 is 23.2 Å². The Bertz CT molecular complexity index is 781. The number of hydrogen-bond acceptors (Lipinski definition) is 2. The quantitative estimate of drug-likeness (QED) is 0.773. The fourth-order valence-electron chi connectivity index (χ4n) is 2.15. The fourth-order valence-corrected chi connectivity index (χ4v) is 2.57. The summed E-state index contributed by atoms with van der Waals surface area (Å²) in [7, 11) is 0. The Balaban J connectivity index is 1.96. The Hall–Kier alpha value is -1.97. The molecule has 3 aromatic rings. The molecule has 2 N–H and O–H groups in total. The summed E-state index contributed by atoms with van der Waals surface area (Å²) in [5, 5.41) is 5.88. The lowest BCUT2D eigenvalue weighted by Crippen LogP contribution is -2.06. The van der Waals surface area contributed by atoms with Gasteiger partial charge < -0.3 is 5.73 Å². The minimum atomic E-state index is 0.524. The van der Waals surface area contributed by atoms with Crippen molar-refractivity contribution in [3.05, 3.63) is 70.2 Å². The number of nitrogens with zero attached hydrogens (tertiary/aromatic N) is 2. The van der Waals surface area contributed by atoms with Crippen LogP contribution in [0.4, 0.5) is 5.82 Å². The topological polar surface area (TPSA) is 43.8 Å². The largest absolute Gasteiger partial charge is 0.384 e. The van der Waals surface area contributed by atoms with Gasteiger partial charge in [-0.3, -0.25) is 0 Å². The molecular formula is C16H13Cl2N3. The van der Waals surface area contributed by atoms with Crippen LogP contribution in [0.25, 0.3) is 11.3 Å². The molecule has 0 aliphatic heterocycles. The molecule has 2 aromatic carbocycles. The summed E-state index contributed by atoms with van der Waals surface area (Å²) < 4.78 is 1.72. The third-order valence-electron chi connectivity index (χ3n) is 3.24. The zero-order chi connectivity index (χ0) is 14.8. The van der Waals surface area contributed by atoms with Gasteiger partial charge in [0.05, 0.1) is 17.3 Å². The first kappa shape index (κ1) is 14.0. The molecule has 0 aliphatic rings. The van der Waals surface area contributed by atoms with Crippen molar-refractivity contribution in [1.29, 1.82) is 0 Å². The van der Waals surface area contributed by atoms with E-state index in [1.807, 2.05) is 54.6 Å². The average Bonchev–Trinajstić information content (AvgIpc) is 2.83. The molecular weight excluding hydrogens is 305 g/mol. The van der Waals surface area contributed by atoms with E-state index in [9.17, 15) is 0 Å². The van der Waals surface area contributed by atoms with Crippen molar-refractivity contribution in [3.8, 4) is 11.3 Å². The van der Waals surface area contributed by atoms with E-state index in [4.69, 9.17) is 28.9 Å². The first-order chi connectivity index (χ1) is 10.1. The first-order valence-electron chi connectivity index (χ1n) is 6.47. The van der Waals surface area contributed by atoms with E-state index in [0.29, 0.717) is 22.4 Å². The minimum Gasteiger partial charge on any atom is -0.384 e. The van der Waals surface area contributed by atoms with Gasteiger partial charge in [0.25, 0.3) is 0 Å². The van der Waals surface area contributed by atoms with Gasteiger partial charge in [0.15, 0.2) is 0 Å². The Morgan fingerprint density at radius 3 is 2.33 bits per heavy atom. The molecule has 106 valence electrons. The lowest BCUT2D eigenvalue weighted by Gasteiger charge is -2.06. The van der Waals surface area contributed by atoms with E-state index >= 15 is 0 Å². The molecule has 0 fully saturated rings. The number of hydrogen-bond donors (Lipinski definition) is 1. The zero-order valence-corrected chi connectivity index (χ0v) is 12.6. The molecule has 21 heavy (non-hydrogen) atoms. The summed E-state index contributed by atoms with van der Waals surface area (Å²) in [6.45, 7) is 0.524. The van der Waals surface area contributed by atoms with Crippen LogP contribution < -0.4 is 5.73 Å². The van der Waals surface area contributed by atoms with Crippen molar-refractivity contribution in [2.75, 3.05) is 5.73 Å². The third-order valence-corrected chi connectivity index (χ3v) is 3.94. The van der Waals surface area contributed by atoms with Gasteiger partial charge in [-0.25, -0.2) is 4.68 Å². The first-order valence-corrected chi connectivity index (χ1v) is 7.22. The minimum absolute atomic E-state index is 0.524. The summed E-state index contributed by atoms with van der Waals surface area (Å²) in [6.07, 6.45) is 0. The maximum Gasteiger partial charge on any atom is 0.122 e. The standard InChI is InChI=1S/C16H13Cl2N3/c17-13-7-3-1-5-11(13)10-21-16(19)9-15(20-21)12-6-2-4-8-14(12)18/h1-9H,10,19H2. The predicted octanol–water partition coefficient (Wildman–Crippen LogP) is 4.49. The SMILES string of the molecule is Nc1cc(-c2ccccc2Cl)nn1Cc1ccccc1Cl. The van der Waals surface area contributed by atoms with Gasteiger partial charge in [0.2, 0.25) is 0 Å². The second-order valence-electron chi connectivity index (χ2n) is 4.68. The maximum atomic E-state index is 6.19. The van der Waals surface area contributed by atoms with Gasteiger partial charge in [-0.15, -0.1) is 0 Å². The van der Waals surface area contributed by atoms with E-state index in [1.165, 1.54) is 0 Å². The summed E-state index contributed by atoms with van der Waals surface area (Å²) in [4.78, 5) is 0. The van der Waals surface area contributed by atoms with Gasteiger partial charge in [0, 0.05) is 16.7 Å². The molecule has 1 heterocycles. The molecule has 0 bridgehead atoms. The van der Waals surface area contributed by atoms with Crippen molar-refractivity contribution in [3.63, 3.8) is 0 Å². The second kappa shape index (κ2) is 5.80. The van der Waals surface area contributed by atoms with E-state index in [0.717, 1.165) is 16.8 Å². The van der Waals surface area contributed by atoms with E-state index < -0.39 is 0 Å². The van der Waals surface area contributed by atoms with Crippen LogP contribution in [-0.4, -0.2) is 9.78 Å². The lowest BCUT2D eigenvalue weighted by atomic mass is 10.1. The highest BCUT2D eigenvalue weighted by Gasteiger charge is 2.11. The smallest absolute Gasteiger partial charge is 0.122 e. The number of halogens is 2. The molecule has 0 spiro atoms. The van der Waals surface area contributed by atoms with Gasteiger partial charge >= 0.3 is 0 Å². The molecule has 0 saturated carbocycles. The molecule has 0 saturated heterocycles. The van der Waals surface area contributed by atoms with Gasteiger partial charge in [0.1, 0.15) is 5.82 Å². The molecule has 0 atom stereocenters. The fraction of sp³-hybridized carbons (Fsp3) is 0.0625. The molecule has 1 aromatic heterocycles.